The van der Waals surface area contributed by atoms with Crippen molar-refractivity contribution < 1.29 is 5.11 Å². The van der Waals surface area contributed by atoms with E-state index in [-0.39, 0.29) is 16.9 Å². The van der Waals surface area contributed by atoms with Gasteiger partial charge in [-0.3, -0.25) is 0 Å². The first-order valence-corrected chi connectivity index (χ1v) is 4.34. The zero-order valence-corrected chi connectivity index (χ0v) is 8.52. The average molecular weight is 191 g/mol. The standard InChI is InChI=1S/C10H13N3O/c1-10(2,3)7-4-5-8(12-13-11)9(14)6-7/h4-6,14H,1-3H3. The third-order valence-electron chi connectivity index (χ3n) is 1.99. The van der Waals surface area contributed by atoms with E-state index in [0.29, 0.717) is 0 Å². The lowest BCUT2D eigenvalue weighted by atomic mass is 9.87. The molecule has 0 fully saturated rings. The molecule has 0 aromatic heterocycles. The van der Waals surface area contributed by atoms with Crippen molar-refractivity contribution in [3.8, 4) is 5.75 Å². The van der Waals surface area contributed by atoms with Crippen LogP contribution >= 0.6 is 0 Å². The van der Waals surface area contributed by atoms with Crippen LogP contribution in [0.25, 0.3) is 10.4 Å². The molecule has 74 valence electrons. The van der Waals surface area contributed by atoms with E-state index in [0.717, 1.165) is 5.56 Å². The molecule has 0 heterocycles. The van der Waals surface area contributed by atoms with Crippen molar-refractivity contribution in [2.24, 2.45) is 5.11 Å². The minimum atomic E-state index is -0.0215. The predicted octanol–water partition coefficient (Wildman–Crippen LogP) is 3.63. The van der Waals surface area contributed by atoms with Crippen molar-refractivity contribution in [1.29, 1.82) is 0 Å². The number of nitrogens with zero attached hydrogens (tertiary/aromatic N) is 3. The summed E-state index contributed by atoms with van der Waals surface area (Å²) in [6.45, 7) is 6.15. The van der Waals surface area contributed by atoms with Crippen molar-refractivity contribution in [3.05, 3.63) is 34.2 Å². The zero-order chi connectivity index (χ0) is 10.8. The molecule has 0 aliphatic heterocycles. The van der Waals surface area contributed by atoms with E-state index >= 15 is 0 Å². The normalized spacial score (nSPS) is 10.8. The van der Waals surface area contributed by atoms with Crippen molar-refractivity contribution in [2.75, 3.05) is 0 Å². The summed E-state index contributed by atoms with van der Waals surface area (Å²) >= 11 is 0. The Morgan fingerprint density at radius 3 is 2.43 bits per heavy atom. The van der Waals surface area contributed by atoms with E-state index < -0.39 is 0 Å². The molecule has 0 aliphatic rings. The second kappa shape index (κ2) is 3.60. The highest BCUT2D eigenvalue weighted by molar-refractivity contribution is 5.53. The molecule has 1 N–H and O–H groups in total. The van der Waals surface area contributed by atoms with Gasteiger partial charge in [0.05, 0.1) is 5.69 Å². The molecular weight excluding hydrogens is 178 g/mol. The summed E-state index contributed by atoms with van der Waals surface area (Å²) in [7, 11) is 0. The van der Waals surface area contributed by atoms with Gasteiger partial charge in [0, 0.05) is 4.91 Å². The number of azide groups is 1. The molecular formula is C10H13N3O. The lowest BCUT2D eigenvalue weighted by Gasteiger charge is -2.19. The number of phenols is 1. The minimum absolute atomic E-state index is 0.0215. The van der Waals surface area contributed by atoms with Crippen LogP contribution in [-0.4, -0.2) is 5.11 Å². The van der Waals surface area contributed by atoms with Crippen molar-refractivity contribution in [1.82, 2.24) is 0 Å². The number of hydrogen-bond donors (Lipinski definition) is 1. The maximum atomic E-state index is 9.52. The largest absolute Gasteiger partial charge is 0.507 e. The van der Waals surface area contributed by atoms with Crippen molar-refractivity contribution in [2.45, 2.75) is 26.2 Å². The van der Waals surface area contributed by atoms with Crippen LogP contribution in [0.3, 0.4) is 0 Å². The first-order valence-electron chi connectivity index (χ1n) is 4.34. The minimum Gasteiger partial charge on any atom is -0.507 e. The van der Waals surface area contributed by atoms with Gasteiger partial charge < -0.3 is 5.11 Å². The van der Waals surface area contributed by atoms with Gasteiger partial charge >= 0.3 is 0 Å². The van der Waals surface area contributed by atoms with Gasteiger partial charge in [0.15, 0.2) is 0 Å². The Bertz CT molecular complexity index is 387. The maximum absolute atomic E-state index is 9.52. The number of hydrogen-bond acceptors (Lipinski definition) is 2. The number of aromatic hydroxyl groups is 1. The Kier molecular flexibility index (Phi) is 2.68. The van der Waals surface area contributed by atoms with Crippen LogP contribution in [-0.2, 0) is 5.41 Å². The summed E-state index contributed by atoms with van der Waals surface area (Å²) in [5.74, 6) is 0.0234. The molecule has 0 saturated heterocycles. The molecule has 0 amide bonds. The molecule has 0 saturated carbocycles. The van der Waals surface area contributed by atoms with Crippen LogP contribution in [0.4, 0.5) is 5.69 Å². The van der Waals surface area contributed by atoms with Gasteiger partial charge in [-0.2, -0.15) is 0 Å². The topological polar surface area (TPSA) is 69.0 Å². The van der Waals surface area contributed by atoms with Gasteiger partial charge in [-0.1, -0.05) is 32.0 Å². The van der Waals surface area contributed by atoms with Crippen LogP contribution in [0.15, 0.2) is 23.3 Å². The Morgan fingerprint density at radius 1 is 1.36 bits per heavy atom. The fraction of sp³-hybridized carbons (Fsp3) is 0.400. The van der Waals surface area contributed by atoms with E-state index in [1.54, 1.807) is 12.1 Å². The van der Waals surface area contributed by atoms with E-state index in [1.807, 2.05) is 6.07 Å². The third-order valence-corrected chi connectivity index (χ3v) is 1.99. The molecule has 14 heavy (non-hydrogen) atoms. The maximum Gasteiger partial charge on any atom is 0.125 e. The summed E-state index contributed by atoms with van der Waals surface area (Å²) < 4.78 is 0. The van der Waals surface area contributed by atoms with E-state index in [4.69, 9.17) is 5.53 Å². The smallest absolute Gasteiger partial charge is 0.125 e. The number of phenolic OH excluding ortho intramolecular Hbond substituents is 1. The van der Waals surface area contributed by atoms with E-state index in [2.05, 4.69) is 30.8 Å². The van der Waals surface area contributed by atoms with Crippen LogP contribution in [0, 0.1) is 0 Å². The van der Waals surface area contributed by atoms with Gasteiger partial charge in [-0.05, 0) is 28.6 Å². The lowest BCUT2D eigenvalue weighted by Crippen LogP contribution is -2.10. The highest BCUT2D eigenvalue weighted by Gasteiger charge is 2.14. The third kappa shape index (κ3) is 2.18. The molecule has 1 rings (SSSR count). The van der Waals surface area contributed by atoms with Gasteiger partial charge in [0.1, 0.15) is 5.75 Å². The summed E-state index contributed by atoms with van der Waals surface area (Å²) in [4.78, 5) is 2.62. The molecule has 0 atom stereocenters. The number of rotatable bonds is 1. The average Bonchev–Trinajstić information content (AvgIpc) is 2.07. The SMILES string of the molecule is CC(C)(C)c1ccc(N=[N+]=[N-])c(O)c1. The quantitative estimate of drug-likeness (QED) is 0.411. The highest BCUT2D eigenvalue weighted by atomic mass is 16.3. The summed E-state index contributed by atoms with van der Waals surface area (Å²) in [5.41, 5.74) is 9.47. The van der Waals surface area contributed by atoms with E-state index in [9.17, 15) is 5.11 Å². The lowest BCUT2D eigenvalue weighted by molar-refractivity contribution is 0.472. The Hall–Kier alpha value is -1.67. The molecule has 0 spiro atoms. The molecule has 1 aromatic rings. The first-order chi connectivity index (χ1) is 6.45. The van der Waals surface area contributed by atoms with Gasteiger partial charge in [0.25, 0.3) is 0 Å². The zero-order valence-electron chi connectivity index (χ0n) is 8.52. The Morgan fingerprint density at radius 2 is 2.00 bits per heavy atom. The highest BCUT2D eigenvalue weighted by Crippen LogP contribution is 2.32. The molecule has 4 heteroatoms. The molecule has 0 radical (unpaired) electrons. The van der Waals surface area contributed by atoms with Crippen molar-refractivity contribution >= 4 is 5.69 Å². The van der Waals surface area contributed by atoms with Crippen LogP contribution in [0.1, 0.15) is 26.3 Å². The Labute approximate surface area is 82.8 Å². The van der Waals surface area contributed by atoms with Crippen LogP contribution in [0.5, 0.6) is 5.75 Å². The fourth-order valence-electron chi connectivity index (χ4n) is 1.12. The summed E-state index contributed by atoms with van der Waals surface area (Å²) in [6, 6.07) is 5.10. The monoisotopic (exact) mass is 191 g/mol. The fourth-order valence-corrected chi connectivity index (χ4v) is 1.12. The molecule has 4 nitrogen and oxygen atoms in total. The molecule has 0 bridgehead atoms. The summed E-state index contributed by atoms with van der Waals surface area (Å²) in [6.07, 6.45) is 0. The first kappa shape index (κ1) is 10.4. The molecule has 0 aliphatic carbocycles. The van der Waals surface area contributed by atoms with Crippen LogP contribution < -0.4 is 0 Å². The van der Waals surface area contributed by atoms with Gasteiger partial charge in [-0.25, -0.2) is 0 Å². The summed E-state index contributed by atoms with van der Waals surface area (Å²) in [5, 5.41) is 12.9. The molecule has 1 aromatic carbocycles. The Balaban J connectivity index is 3.19. The van der Waals surface area contributed by atoms with Crippen molar-refractivity contribution in [3.63, 3.8) is 0 Å². The predicted molar refractivity (Wildman–Crippen MR) is 55.6 cm³/mol. The van der Waals surface area contributed by atoms with E-state index in [1.165, 1.54) is 0 Å². The van der Waals surface area contributed by atoms with Gasteiger partial charge in [0.2, 0.25) is 0 Å². The second-order valence-corrected chi connectivity index (χ2v) is 4.14. The second-order valence-electron chi connectivity index (χ2n) is 4.14. The number of benzene rings is 1. The molecule has 0 unspecified atom stereocenters. The van der Waals surface area contributed by atoms with Crippen LogP contribution in [0.2, 0.25) is 0 Å². The van der Waals surface area contributed by atoms with Gasteiger partial charge in [-0.15, -0.1) is 0 Å².